The lowest BCUT2D eigenvalue weighted by atomic mass is 10.1. The molecule has 31 heavy (non-hydrogen) atoms. The lowest BCUT2D eigenvalue weighted by Gasteiger charge is -2.22. The highest BCUT2D eigenvalue weighted by atomic mass is 127. The van der Waals surface area contributed by atoms with Gasteiger partial charge in [0.2, 0.25) is 0 Å². The number of aliphatic imine (C=N–C) groups is 1. The highest BCUT2D eigenvalue weighted by molar-refractivity contribution is 14.0. The van der Waals surface area contributed by atoms with Crippen LogP contribution in [0.1, 0.15) is 29.6 Å². The summed E-state index contributed by atoms with van der Waals surface area (Å²) in [6.07, 6.45) is 3.29. The molecule has 0 radical (unpaired) electrons. The number of nitrogens with one attached hydrogen (secondary N) is 1. The summed E-state index contributed by atoms with van der Waals surface area (Å²) in [6.45, 7) is 5.72. The standard InChI is InChI=1S/C22H31N7O.HI/c1-5-23-22(28(3)16-21-25-17-26-29(21)4)24-13-18-9-6-7-10-19(18)14-27(2)15-20-11-8-12-30-20;/h6-12,17H,5,13-16H2,1-4H3,(H,23,24);1H. The van der Waals surface area contributed by atoms with Crippen LogP contribution in [0.3, 0.4) is 0 Å². The zero-order valence-corrected chi connectivity index (χ0v) is 21.0. The van der Waals surface area contributed by atoms with Crippen molar-refractivity contribution in [3.05, 3.63) is 71.7 Å². The maximum Gasteiger partial charge on any atom is 0.194 e. The molecule has 0 saturated carbocycles. The summed E-state index contributed by atoms with van der Waals surface area (Å²) in [6, 6.07) is 12.4. The molecule has 1 N–H and O–H groups in total. The second-order valence-electron chi connectivity index (χ2n) is 7.35. The molecule has 168 valence electrons. The fourth-order valence-electron chi connectivity index (χ4n) is 3.26. The van der Waals surface area contributed by atoms with Gasteiger partial charge in [-0.1, -0.05) is 24.3 Å². The van der Waals surface area contributed by atoms with Crippen molar-refractivity contribution in [2.24, 2.45) is 12.0 Å². The number of halogens is 1. The molecule has 2 aromatic heterocycles. The van der Waals surface area contributed by atoms with E-state index in [1.807, 2.05) is 26.2 Å². The van der Waals surface area contributed by atoms with Gasteiger partial charge in [-0.25, -0.2) is 9.98 Å². The maximum atomic E-state index is 5.47. The van der Waals surface area contributed by atoms with E-state index >= 15 is 0 Å². The van der Waals surface area contributed by atoms with E-state index in [1.54, 1.807) is 17.3 Å². The fourth-order valence-corrected chi connectivity index (χ4v) is 3.26. The minimum atomic E-state index is 0. The van der Waals surface area contributed by atoms with E-state index in [0.29, 0.717) is 13.1 Å². The van der Waals surface area contributed by atoms with Crippen molar-refractivity contribution < 1.29 is 4.42 Å². The first kappa shape index (κ1) is 24.9. The molecule has 0 fully saturated rings. The van der Waals surface area contributed by atoms with E-state index < -0.39 is 0 Å². The fraction of sp³-hybridized carbons (Fsp3) is 0.409. The zero-order valence-electron chi connectivity index (χ0n) is 18.7. The Morgan fingerprint density at radius 1 is 1.10 bits per heavy atom. The van der Waals surface area contributed by atoms with E-state index in [9.17, 15) is 0 Å². The molecular weight excluding hydrogens is 505 g/mol. The molecule has 1 aromatic carbocycles. The molecule has 3 rings (SSSR count). The van der Waals surface area contributed by atoms with Gasteiger partial charge in [-0.15, -0.1) is 24.0 Å². The van der Waals surface area contributed by atoms with Crippen LogP contribution in [-0.4, -0.2) is 51.2 Å². The van der Waals surface area contributed by atoms with Crippen molar-refractivity contribution in [2.45, 2.75) is 33.1 Å². The number of hydrogen-bond donors (Lipinski definition) is 1. The number of aryl methyl sites for hydroxylation is 1. The Labute approximate surface area is 201 Å². The molecule has 2 heterocycles. The van der Waals surface area contributed by atoms with Crippen molar-refractivity contribution in [1.29, 1.82) is 0 Å². The number of benzene rings is 1. The monoisotopic (exact) mass is 537 g/mol. The minimum absolute atomic E-state index is 0. The Hall–Kier alpha value is -2.40. The normalized spacial score (nSPS) is 11.5. The molecule has 0 saturated heterocycles. The summed E-state index contributed by atoms with van der Waals surface area (Å²) >= 11 is 0. The zero-order chi connectivity index (χ0) is 21.3. The highest BCUT2D eigenvalue weighted by Gasteiger charge is 2.11. The van der Waals surface area contributed by atoms with Gasteiger partial charge in [0.15, 0.2) is 5.96 Å². The molecule has 0 atom stereocenters. The third kappa shape index (κ3) is 7.35. The van der Waals surface area contributed by atoms with E-state index in [4.69, 9.17) is 9.41 Å². The van der Waals surface area contributed by atoms with E-state index in [2.05, 4.69) is 63.4 Å². The molecule has 3 aromatic rings. The van der Waals surface area contributed by atoms with Gasteiger partial charge in [0.1, 0.15) is 17.9 Å². The predicted molar refractivity (Wildman–Crippen MR) is 133 cm³/mol. The van der Waals surface area contributed by atoms with Crippen LogP contribution in [0.15, 0.2) is 58.4 Å². The van der Waals surface area contributed by atoms with E-state index in [1.165, 1.54) is 11.1 Å². The topological polar surface area (TPSA) is 74.7 Å². The SMILES string of the molecule is CCNC(=NCc1ccccc1CN(C)Cc1ccco1)N(C)Cc1ncnn1C.I. The van der Waals surface area contributed by atoms with Crippen LogP contribution in [0.4, 0.5) is 0 Å². The Morgan fingerprint density at radius 2 is 1.87 bits per heavy atom. The van der Waals surface area contributed by atoms with Gasteiger partial charge in [0.05, 0.1) is 25.9 Å². The summed E-state index contributed by atoms with van der Waals surface area (Å²) < 4.78 is 7.25. The lowest BCUT2D eigenvalue weighted by Crippen LogP contribution is -2.39. The van der Waals surface area contributed by atoms with Crippen LogP contribution in [0, 0.1) is 0 Å². The van der Waals surface area contributed by atoms with Crippen molar-refractivity contribution in [1.82, 2.24) is 29.9 Å². The summed E-state index contributed by atoms with van der Waals surface area (Å²) in [5.41, 5.74) is 2.48. The first-order chi connectivity index (χ1) is 14.6. The molecule has 0 spiro atoms. The smallest absolute Gasteiger partial charge is 0.194 e. The first-order valence-electron chi connectivity index (χ1n) is 10.2. The van der Waals surface area contributed by atoms with Gasteiger partial charge < -0.3 is 14.6 Å². The number of nitrogens with zero attached hydrogens (tertiary/aromatic N) is 6. The van der Waals surface area contributed by atoms with Crippen LogP contribution in [-0.2, 0) is 33.2 Å². The van der Waals surface area contributed by atoms with Gasteiger partial charge in [0, 0.05) is 27.2 Å². The summed E-state index contributed by atoms with van der Waals surface area (Å²) in [4.78, 5) is 13.5. The molecule has 0 aliphatic carbocycles. The second kappa shape index (κ2) is 12.5. The van der Waals surface area contributed by atoms with Gasteiger partial charge in [-0.3, -0.25) is 9.58 Å². The van der Waals surface area contributed by atoms with E-state index in [-0.39, 0.29) is 24.0 Å². The van der Waals surface area contributed by atoms with Crippen molar-refractivity contribution in [3.63, 3.8) is 0 Å². The Bertz CT molecular complexity index is 939. The molecule has 0 amide bonds. The highest BCUT2D eigenvalue weighted by Crippen LogP contribution is 2.14. The van der Waals surface area contributed by atoms with Crippen LogP contribution >= 0.6 is 24.0 Å². The quantitative estimate of drug-likeness (QED) is 0.257. The minimum Gasteiger partial charge on any atom is -0.468 e. The number of furan rings is 1. The third-order valence-corrected chi connectivity index (χ3v) is 4.84. The van der Waals surface area contributed by atoms with Crippen molar-refractivity contribution >= 4 is 29.9 Å². The number of rotatable bonds is 9. The van der Waals surface area contributed by atoms with E-state index in [0.717, 1.165) is 37.2 Å². The van der Waals surface area contributed by atoms with Crippen LogP contribution in [0.2, 0.25) is 0 Å². The summed E-state index contributed by atoms with van der Waals surface area (Å²) in [5, 5.41) is 7.51. The molecular formula is C22H32IN7O. The average molecular weight is 537 g/mol. The summed E-state index contributed by atoms with van der Waals surface area (Å²) in [5.74, 6) is 2.70. The third-order valence-electron chi connectivity index (χ3n) is 4.84. The largest absolute Gasteiger partial charge is 0.468 e. The predicted octanol–water partition coefficient (Wildman–Crippen LogP) is 3.26. The molecule has 9 heteroatoms. The van der Waals surface area contributed by atoms with Gasteiger partial charge in [0.25, 0.3) is 0 Å². The molecule has 0 unspecified atom stereocenters. The molecule has 0 aliphatic rings. The van der Waals surface area contributed by atoms with Crippen molar-refractivity contribution in [3.8, 4) is 0 Å². The number of guanidine groups is 1. The Kier molecular flexibility index (Phi) is 9.99. The lowest BCUT2D eigenvalue weighted by molar-refractivity contribution is 0.287. The Morgan fingerprint density at radius 3 is 2.52 bits per heavy atom. The van der Waals surface area contributed by atoms with Crippen molar-refractivity contribution in [2.75, 3.05) is 20.6 Å². The number of aromatic nitrogens is 3. The Balaban J connectivity index is 0.00000341. The second-order valence-corrected chi connectivity index (χ2v) is 7.35. The molecule has 8 nitrogen and oxygen atoms in total. The average Bonchev–Trinajstić information content (AvgIpc) is 3.38. The van der Waals surface area contributed by atoms with Crippen LogP contribution in [0.5, 0.6) is 0 Å². The number of hydrogen-bond acceptors (Lipinski definition) is 5. The first-order valence-corrected chi connectivity index (χ1v) is 10.2. The summed E-state index contributed by atoms with van der Waals surface area (Å²) in [7, 11) is 6.01. The van der Waals surface area contributed by atoms with Crippen LogP contribution in [0.25, 0.3) is 0 Å². The van der Waals surface area contributed by atoms with Gasteiger partial charge >= 0.3 is 0 Å². The maximum absolute atomic E-state index is 5.47. The van der Waals surface area contributed by atoms with Gasteiger partial charge in [-0.2, -0.15) is 5.10 Å². The molecule has 0 aliphatic heterocycles. The molecule has 0 bridgehead atoms. The van der Waals surface area contributed by atoms with Crippen LogP contribution < -0.4 is 5.32 Å². The van der Waals surface area contributed by atoms with Gasteiger partial charge in [-0.05, 0) is 37.2 Å².